The summed E-state index contributed by atoms with van der Waals surface area (Å²) in [5.74, 6) is -0.551. The molecule has 0 unspecified atom stereocenters. The van der Waals surface area contributed by atoms with Crippen molar-refractivity contribution >= 4 is 38.9 Å². The molecule has 0 aliphatic carbocycles. The lowest BCUT2D eigenvalue weighted by Gasteiger charge is -2.25. The van der Waals surface area contributed by atoms with E-state index in [2.05, 4.69) is 10.5 Å². The Kier molecular flexibility index (Phi) is 6.39. The zero-order chi connectivity index (χ0) is 19.3. The van der Waals surface area contributed by atoms with Crippen LogP contribution in [0.25, 0.3) is 0 Å². The van der Waals surface area contributed by atoms with Crippen molar-refractivity contribution in [3.8, 4) is 0 Å². The summed E-state index contributed by atoms with van der Waals surface area (Å²) < 4.78 is 27.3. The molecule has 138 valence electrons. The van der Waals surface area contributed by atoms with E-state index in [1.165, 1.54) is 12.1 Å². The summed E-state index contributed by atoms with van der Waals surface area (Å²) in [6.45, 7) is 4.73. The van der Waals surface area contributed by atoms with Crippen LogP contribution in [0, 0.1) is 6.92 Å². The van der Waals surface area contributed by atoms with Crippen LogP contribution in [0.2, 0.25) is 5.02 Å². The maximum atomic E-state index is 13.1. The Morgan fingerprint density at radius 3 is 2.38 bits per heavy atom. The van der Waals surface area contributed by atoms with Crippen LogP contribution in [0.1, 0.15) is 19.4 Å². The minimum absolute atomic E-state index is 0.0855. The zero-order valence-electron chi connectivity index (χ0n) is 14.7. The first-order chi connectivity index (χ1) is 12.2. The van der Waals surface area contributed by atoms with Crippen LogP contribution in [0.5, 0.6) is 0 Å². The predicted molar refractivity (Wildman–Crippen MR) is 104 cm³/mol. The number of rotatable bonds is 6. The smallest absolute Gasteiger partial charge is 0.264 e. The largest absolute Gasteiger partial charge is 0.271 e. The average Bonchev–Trinajstić information content (AvgIpc) is 2.61. The maximum Gasteiger partial charge on any atom is 0.264 e. The first-order valence-corrected chi connectivity index (χ1v) is 9.68. The fraction of sp³-hybridized carbons (Fsp3) is 0.222. The van der Waals surface area contributed by atoms with Gasteiger partial charge in [0.05, 0.1) is 10.6 Å². The summed E-state index contributed by atoms with van der Waals surface area (Å²) in [4.78, 5) is 12.3. The van der Waals surface area contributed by atoms with Crippen LogP contribution in [0.15, 0.2) is 58.5 Å². The van der Waals surface area contributed by atoms with Gasteiger partial charge < -0.3 is 0 Å². The first kappa shape index (κ1) is 19.9. The predicted octanol–water partition coefficient (Wildman–Crippen LogP) is 3.36. The Morgan fingerprint density at radius 2 is 1.77 bits per heavy atom. The van der Waals surface area contributed by atoms with Gasteiger partial charge in [0.1, 0.15) is 6.54 Å². The minimum atomic E-state index is -3.96. The van der Waals surface area contributed by atoms with Gasteiger partial charge >= 0.3 is 0 Å². The number of hydrazone groups is 1. The normalized spacial score (nSPS) is 10.9. The molecular weight excluding hydrogens is 374 g/mol. The molecule has 0 radical (unpaired) electrons. The number of nitrogens with one attached hydrogen (secondary N) is 1. The number of sulfonamides is 1. The minimum Gasteiger partial charge on any atom is -0.271 e. The molecule has 0 atom stereocenters. The van der Waals surface area contributed by atoms with Crippen molar-refractivity contribution in [1.82, 2.24) is 5.43 Å². The summed E-state index contributed by atoms with van der Waals surface area (Å²) >= 11 is 6.15. The van der Waals surface area contributed by atoms with Crippen LogP contribution >= 0.6 is 11.6 Å². The standard InChI is InChI=1S/C18H20ClN3O3S/c1-13(2)20-21-18(23)12-22(17-11-7-10-16(19)14(17)3)26(24,25)15-8-5-4-6-9-15/h4-11H,12H2,1-3H3,(H,21,23). The first-order valence-electron chi connectivity index (χ1n) is 7.86. The number of hydrogen-bond donors (Lipinski definition) is 1. The van der Waals surface area contributed by atoms with Crippen LogP contribution < -0.4 is 9.73 Å². The van der Waals surface area contributed by atoms with E-state index in [0.717, 1.165) is 4.31 Å². The van der Waals surface area contributed by atoms with Crippen LogP contribution in [-0.2, 0) is 14.8 Å². The molecule has 8 heteroatoms. The molecule has 0 aliphatic heterocycles. The van der Waals surface area contributed by atoms with E-state index in [-0.39, 0.29) is 4.90 Å². The van der Waals surface area contributed by atoms with E-state index in [4.69, 9.17) is 11.6 Å². The van der Waals surface area contributed by atoms with Crippen LogP contribution in [0.3, 0.4) is 0 Å². The number of amides is 1. The highest BCUT2D eigenvalue weighted by molar-refractivity contribution is 7.92. The lowest BCUT2D eigenvalue weighted by molar-refractivity contribution is -0.119. The van der Waals surface area contributed by atoms with Crippen molar-refractivity contribution in [2.75, 3.05) is 10.8 Å². The Morgan fingerprint density at radius 1 is 1.12 bits per heavy atom. The third-order valence-corrected chi connectivity index (χ3v) is 5.71. The van der Waals surface area contributed by atoms with Crippen LogP contribution in [0.4, 0.5) is 5.69 Å². The molecule has 0 aliphatic rings. The van der Waals surface area contributed by atoms with Crippen molar-refractivity contribution in [3.63, 3.8) is 0 Å². The monoisotopic (exact) mass is 393 g/mol. The number of halogens is 1. The Labute approximate surface area is 158 Å². The third kappa shape index (κ3) is 4.62. The van der Waals surface area contributed by atoms with Gasteiger partial charge in [0.15, 0.2) is 0 Å². The summed E-state index contributed by atoms with van der Waals surface area (Å²) in [6.07, 6.45) is 0. The number of carbonyl (C=O) groups excluding carboxylic acids is 1. The number of carbonyl (C=O) groups is 1. The summed E-state index contributed by atoms with van der Waals surface area (Å²) in [5.41, 5.74) is 3.91. The van der Waals surface area contributed by atoms with Gasteiger partial charge in [-0.15, -0.1) is 0 Å². The lowest BCUT2D eigenvalue weighted by Crippen LogP contribution is -2.40. The molecule has 0 bridgehead atoms. The topological polar surface area (TPSA) is 78.8 Å². The molecule has 0 fully saturated rings. The van der Waals surface area contributed by atoms with Gasteiger partial charge in [0.25, 0.3) is 15.9 Å². The van der Waals surface area contributed by atoms with E-state index >= 15 is 0 Å². The van der Waals surface area contributed by atoms with Crippen molar-refractivity contribution < 1.29 is 13.2 Å². The van der Waals surface area contributed by atoms with Gasteiger partial charge in [0.2, 0.25) is 0 Å². The molecule has 0 spiro atoms. The summed E-state index contributed by atoms with van der Waals surface area (Å²) in [5, 5.41) is 4.25. The second-order valence-corrected chi connectivity index (χ2v) is 8.07. The quantitative estimate of drug-likeness (QED) is 0.603. The molecule has 26 heavy (non-hydrogen) atoms. The van der Waals surface area contributed by atoms with Crippen molar-refractivity contribution in [2.24, 2.45) is 5.10 Å². The van der Waals surface area contributed by atoms with E-state index in [0.29, 0.717) is 22.0 Å². The Hall–Kier alpha value is -2.38. The SMILES string of the molecule is CC(C)=NNC(=O)CN(c1cccc(Cl)c1C)S(=O)(=O)c1ccccc1. The lowest BCUT2D eigenvalue weighted by atomic mass is 10.2. The number of nitrogens with zero attached hydrogens (tertiary/aromatic N) is 2. The second kappa shape index (κ2) is 8.33. The highest BCUT2D eigenvalue weighted by atomic mass is 35.5. The van der Waals surface area contributed by atoms with Gasteiger partial charge in [-0.2, -0.15) is 5.10 Å². The van der Waals surface area contributed by atoms with E-state index < -0.39 is 22.5 Å². The fourth-order valence-corrected chi connectivity index (χ4v) is 3.89. The number of benzene rings is 2. The fourth-order valence-electron chi connectivity index (χ4n) is 2.23. The van der Waals surface area contributed by atoms with Gasteiger partial charge in [0, 0.05) is 10.7 Å². The average molecular weight is 394 g/mol. The number of anilines is 1. The molecule has 1 amide bonds. The van der Waals surface area contributed by atoms with Gasteiger partial charge in [-0.3, -0.25) is 9.10 Å². The molecule has 0 aromatic heterocycles. The van der Waals surface area contributed by atoms with E-state index in [9.17, 15) is 13.2 Å². The van der Waals surface area contributed by atoms with Gasteiger partial charge in [-0.05, 0) is 50.6 Å². The van der Waals surface area contributed by atoms with Gasteiger partial charge in [-0.1, -0.05) is 35.9 Å². The molecule has 2 rings (SSSR count). The molecule has 0 saturated heterocycles. The van der Waals surface area contributed by atoms with Crippen LogP contribution in [-0.4, -0.2) is 26.6 Å². The van der Waals surface area contributed by atoms with Crippen molar-refractivity contribution in [2.45, 2.75) is 25.7 Å². The molecule has 1 N–H and O–H groups in total. The molecular formula is C18H20ClN3O3S. The zero-order valence-corrected chi connectivity index (χ0v) is 16.3. The second-order valence-electron chi connectivity index (χ2n) is 5.80. The Bertz CT molecular complexity index is 924. The third-order valence-electron chi connectivity index (χ3n) is 3.53. The Balaban J connectivity index is 2.50. The molecule has 6 nitrogen and oxygen atoms in total. The maximum absolute atomic E-state index is 13.1. The molecule has 2 aromatic carbocycles. The summed E-state index contributed by atoms with van der Waals surface area (Å²) in [6, 6.07) is 12.9. The molecule has 2 aromatic rings. The molecule has 0 saturated carbocycles. The van der Waals surface area contributed by atoms with Crippen molar-refractivity contribution in [3.05, 3.63) is 59.1 Å². The van der Waals surface area contributed by atoms with Crippen molar-refractivity contribution in [1.29, 1.82) is 0 Å². The van der Waals surface area contributed by atoms with E-state index in [1.807, 2.05) is 0 Å². The highest BCUT2D eigenvalue weighted by Crippen LogP contribution is 2.30. The van der Waals surface area contributed by atoms with E-state index in [1.54, 1.807) is 57.2 Å². The molecule has 0 heterocycles. The summed E-state index contributed by atoms with van der Waals surface area (Å²) in [7, 11) is -3.96. The number of hydrogen-bond acceptors (Lipinski definition) is 4. The van der Waals surface area contributed by atoms with Gasteiger partial charge in [-0.25, -0.2) is 13.8 Å². The highest BCUT2D eigenvalue weighted by Gasteiger charge is 2.28.